The maximum absolute atomic E-state index is 6.40. The van der Waals surface area contributed by atoms with Crippen LogP contribution in [0.1, 0.15) is 51.8 Å². The van der Waals surface area contributed by atoms with Crippen LogP contribution in [0.5, 0.6) is 0 Å². The quantitative estimate of drug-likeness (QED) is 0.885. The summed E-state index contributed by atoms with van der Waals surface area (Å²) in [5.41, 5.74) is 6.86. The summed E-state index contributed by atoms with van der Waals surface area (Å²) in [5, 5.41) is 2.17. The minimum absolute atomic E-state index is 0.382. The van der Waals surface area contributed by atoms with E-state index in [9.17, 15) is 0 Å². The van der Waals surface area contributed by atoms with Gasteiger partial charge in [0.15, 0.2) is 0 Å². The Kier molecular flexibility index (Phi) is 5.27. The highest BCUT2D eigenvalue weighted by molar-refractivity contribution is 7.09. The second kappa shape index (κ2) is 6.59. The number of hydrogen-bond acceptors (Lipinski definition) is 3. The van der Waals surface area contributed by atoms with Gasteiger partial charge in [0.2, 0.25) is 0 Å². The monoisotopic (exact) mass is 294 g/mol. The molecule has 1 aliphatic rings. The van der Waals surface area contributed by atoms with E-state index in [1.807, 2.05) is 11.3 Å². The summed E-state index contributed by atoms with van der Waals surface area (Å²) in [7, 11) is 0. The average Bonchev–Trinajstić information content (AvgIpc) is 2.85. The highest BCUT2D eigenvalue weighted by Gasteiger charge is 2.34. The topological polar surface area (TPSA) is 29.3 Å². The van der Waals surface area contributed by atoms with Gasteiger partial charge in [-0.1, -0.05) is 19.9 Å². The molecule has 0 radical (unpaired) electrons. The zero-order valence-electron chi connectivity index (χ0n) is 13.4. The average molecular weight is 295 g/mol. The molecule has 0 saturated heterocycles. The molecule has 2 rings (SSSR count). The summed E-state index contributed by atoms with van der Waals surface area (Å²) in [5.74, 6) is 0.640. The number of hydrogen-bond donors (Lipinski definition) is 1. The van der Waals surface area contributed by atoms with E-state index in [2.05, 4.69) is 50.1 Å². The van der Waals surface area contributed by atoms with Crippen molar-refractivity contribution in [2.24, 2.45) is 17.1 Å². The number of thiophene rings is 1. The Morgan fingerprint density at radius 1 is 1.45 bits per heavy atom. The van der Waals surface area contributed by atoms with Crippen LogP contribution in [0.4, 0.5) is 0 Å². The standard InChI is InChI=1S/C17H30N2S/c1-13(2)19(12-15-6-5-9-20-15)11-14-10-17(3,4)8-7-16(14)18/h5-6,9,13-14,16H,7-8,10-12,18H2,1-4H3. The summed E-state index contributed by atoms with van der Waals surface area (Å²) >= 11 is 1.86. The molecule has 1 aliphatic carbocycles. The van der Waals surface area contributed by atoms with Gasteiger partial charge in [0.1, 0.15) is 0 Å². The second-order valence-corrected chi connectivity index (χ2v) is 8.47. The van der Waals surface area contributed by atoms with Crippen LogP contribution in [0.15, 0.2) is 17.5 Å². The Balaban J connectivity index is 1.99. The molecule has 0 aromatic carbocycles. The van der Waals surface area contributed by atoms with Crippen molar-refractivity contribution in [2.75, 3.05) is 6.54 Å². The van der Waals surface area contributed by atoms with Crippen LogP contribution < -0.4 is 5.73 Å². The van der Waals surface area contributed by atoms with E-state index < -0.39 is 0 Å². The van der Waals surface area contributed by atoms with E-state index in [0.717, 1.165) is 13.1 Å². The van der Waals surface area contributed by atoms with Crippen LogP contribution in [0.2, 0.25) is 0 Å². The smallest absolute Gasteiger partial charge is 0.0330 e. The highest BCUT2D eigenvalue weighted by Crippen LogP contribution is 2.38. The van der Waals surface area contributed by atoms with Crippen LogP contribution in [-0.2, 0) is 6.54 Å². The molecule has 20 heavy (non-hydrogen) atoms. The van der Waals surface area contributed by atoms with Crippen molar-refractivity contribution in [3.63, 3.8) is 0 Å². The fourth-order valence-electron chi connectivity index (χ4n) is 3.32. The third-order valence-electron chi connectivity index (χ3n) is 4.71. The summed E-state index contributed by atoms with van der Waals surface area (Å²) in [6.45, 7) is 11.6. The maximum atomic E-state index is 6.40. The minimum atomic E-state index is 0.382. The predicted octanol–water partition coefficient (Wildman–Crippen LogP) is 4.11. The van der Waals surface area contributed by atoms with Gasteiger partial charge in [0.25, 0.3) is 0 Å². The number of nitrogens with zero attached hydrogens (tertiary/aromatic N) is 1. The number of nitrogens with two attached hydrogens (primary N) is 1. The molecule has 3 heteroatoms. The summed E-state index contributed by atoms with van der Waals surface area (Å²) in [6.07, 6.45) is 3.72. The zero-order chi connectivity index (χ0) is 14.8. The van der Waals surface area contributed by atoms with Gasteiger partial charge in [-0.2, -0.15) is 0 Å². The molecule has 0 spiro atoms. The van der Waals surface area contributed by atoms with Gasteiger partial charge in [-0.3, -0.25) is 4.90 Å². The zero-order valence-corrected chi connectivity index (χ0v) is 14.2. The lowest BCUT2D eigenvalue weighted by atomic mass is 9.70. The van der Waals surface area contributed by atoms with E-state index in [1.54, 1.807) is 0 Å². The molecule has 2 nitrogen and oxygen atoms in total. The Bertz CT molecular complexity index is 397. The first-order valence-electron chi connectivity index (χ1n) is 7.89. The first-order valence-corrected chi connectivity index (χ1v) is 8.77. The van der Waals surface area contributed by atoms with E-state index >= 15 is 0 Å². The first-order chi connectivity index (χ1) is 9.37. The van der Waals surface area contributed by atoms with Crippen molar-refractivity contribution in [1.82, 2.24) is 4.90 Å². The Morgan fingerprint density at radius 3 is 2.80 bits per heavy atom. The molecule has 2 N–H and O–H groups in total. The van der Waals surface area contributed by atoms with E-state index in [1.165, 1.54) is 24.1 Å². The molecule has 2 atom stereocenters. The number of rotatable bonds is 5. The Labute approximate surface area is 128 Å². The van der Waals surface area contributed by atoms with Crippen LogP contribution in [0, 0.1) is 11.3 Å². The molecule has 114 valence electrons. The van der Waals surface area contributed by atoms with Gasteiger partial charge in [0, 0.05) is 30.1 Å². The van der Waals surface area contributed by atoms with Gasteiger partial charge in [-0.15, -0.1) is 11.3 Å². The van der Waals surface area contributed by atoms with Crippen LogP contribution in [0.3, 0.4) is 0 Å². The van der Waals surface area contributed by atoms with Gasteiger partial charge in [-0.05, 0) is 55.9 Å². The van der Waals surface area contributed by atoms with Crippen molar-refractivity contribution in [1.29, 1.82) is 0 Å². The van der Waals surface area contributed by atoms with Crippen LogP contribution in [0.25, 0.3) is 0 Å². The second-order valence-electron chi connectivity index (χ2n) is 7.43. The SMILES string of the molecule is CC(C)N(Cc1cccs1)CC1CC(C)(C)CCC1N. The molecule has 1 aromatic heterocycles. The fourth-order valence-corrected chi connectivity index (χ4v) is 4.05. The van der Waals surface area contributed by atoms with E-state index in [-0.39, 0.29) is 0 Å². The molecule has 1 aromatic rings. The highest BCUT2D eigenvalue weighted by atomic mass is 32.1. The molecule has 1 fully saturated rings. The lowest BCUT2D eigenvalue weighted by Gasteiger charge is -2.42. The predicted molar refractivity (Wildman–Crippen MR) is 89.0 cm³/mol. The Hall–Kier alpha value is -0.380. The first kappa shape index (κ1) is 16.0. The van der Waals surface area contributed by atoms with E-state index in [0.29, 0.717) is 23.4 Å². The minimum Gasteiger partial charge on any atom is -0.327 e. The fraction of sp³-hybridized carbons (Fsp3) is 0.765. The third-order valence-corrected chi connectivity index (χ3v) is 5.57. The molecule has 2 unspecified atom stereocenters. The van der Waals surface area contributed by atoms with Crippen LogP contribution >= 0.6 is 11.3 Å². The maximum Gasteiger partial charge on any atom is 0.0330 e. The van der Waals surface area contributed by atoms with E-state index in [4.69, 9.17) is 5.73 Å². The van der Waals surface area contributed by atoms with Crippen molar-refractivity contribution in [3.05, 3.63) is 22.4 Å². The van der Waals surface area contributed by atoms with Crippen LogP contribution in [-0.4, -0.2) is 23.5 Å². The molecule has 1 heterocycles. The van der Waals surface area contributed by atoms with Crippen molar-refractivity contribution >= 4 is 11.3 Å². The molecule has 0 amide bonds. The molecule has 0 bridgehead atoms. The van der Waals surface area contributed by atoms with Gasteiger partial charge >= 0.3 is 0 Å². The van der Waals surface area contributed by atoms with Crippen molar-refractivity contribution in [3.8, 4) is 0 Å². The lowest BCUT2D eigenvalue weighted by Crippen LogP contribution is -2.46. The summed E-state index contributed by atoms with van der Waals surface area (Å²) in [6, 6.07) is 5.35. The summed E-state index contributed by atoms with van der Waals surface area (Å²) in [4.78, 5) is 4.06. The van der Waals surface area contributed by atoms with Gasteiger partial charge in [-0.25, -0.2) is 0 Å². The van der Waals surface area contributed by atoms with Crippen molar-refractivity contribution < 1.29 is 0 Å². The van der Waals surface area contributed by atoms with Gasteiger partial charge in [0.05, 0.1) is 0 Å². The Morgan fingerprint density at radius 2 is 2.20 bits per heavy atom. The normalized spacial score (nSPS) is 26.4. The molecular weight excluding hydrogens is 264 g/mol. The van der Waals surface area contributed by atoms with Gasteiger partial charge < -0.3 is 5.73 Å². The lowest BCUT2D eigenvalue weighted by molar-refractivity contribution is 0.0969. The molecule has 1 saturated carbocycles. The summed E-state index contributed by atoms with van der Waals surface area (Å²) < 4.78 is 0. The largest absolute Gasteiger partial charge is 0.327 e. The molecular formula is C17H30N2S. The van der Waals surface area contributed by atoms with Crippen molar-refractivity contribution in [2.45, 2.75) is 65.6 Å². The third kappa shape index (κ3) is 4.31. The molecule has 0 aliphatic heterocycles.